The molecule has 0 atom stereocenters. The summed E-state index contributed by atoms with van der Waals surface area (Å²) in [6.45, 7) is 0. The second-order valence-electron chi connectivity index (χ2n) is 14.2. The van der Waals surface area contributed by atoms with E-state index in [2.05, 4.69) is 228 Å². The fourth-order valence-corrected chi connectivity index (χ4v) is 7.88. The highest BCUT2D eigenvalue weighted by molar-refractivity contribution is 6.06. The van der Waals surface area contributed by atoms with Crippen LogP contribution in [0.4, 0.5) is 34.1 Å². The first kappa shape index (κ1) is 33.9. The number of fused-ring (bicyclic) bond motifs is 3. The summed E-state index contributed by atoms with van der Waals surface area (Å²) in [5.74, 6) is 0. The molecule has 9 aromatic carbocycles. The number of para-hydroxylation sites is 3. The quantitative estimate of drug-likeness (QED) is 0.147. The maximum absolute atomic E-state index is 6.32. The molecule has 0 unspecified atom stereocenters. The van der Waals surface area contributed by atoms with Crippen LogP contribution in [-0.4, -0.2) is 0 Å². The molecule has 3 nitrogen and oxygen atoms in total. The van der Waals surface area contributed by atoms with E-state index < -0.39 is 0 Å². The van der Waals surface area contributed by atoms with E-state index in [4.69, 9.17) is 4.42 Å². The SMILES string of the molecule is c1ccc(-c2ccc(N(c3ccccc3)c3ccc(-c4ccc(N(c5ccccc5)c5ccc6c(c5)oc5ccccc56)cc4)cc3-c3ccccc3)cc2)cc1. The van der Waals surface area contributed by atoms with E-state index in [1.165, 1.54) is 11.1 Å². The highest BCUT2D eigenvalue weighted by atomic mass is 16.3. The predicted octanol–water partition coefficient (Wildman–Crippen LogP) is 15.5. The van der Waals surface area contributed by atoms with Crippen LogP contribution >= 0.6 is 0 Å². The summed E-state index contributed by atoms with van der Waals surface area (Å²) in [6, 6.07) is 81.7. The smallest absolute Gasteiger partial charge is 0.137 e. The van der Waals surface area contributed by atoms with Crippen molar-refractivity contribution in [3.63, 3.8) is 0 Å². The van der Waals surface area contributed by atoms with Crippen molar-refractivity contribution in [1.29, 1.82) is 0 Å². The number of anilines is 6. The van der Waals surface area contributed by atoms with Crippen molar-refractivity contribution in [2.24, 2.45) is 0 Å². The van der Waals surface area contributed by atoms with E-state index in [9.17, 15) is 0 Å². The van der Waals surface area contributed by atoms with Crippen LogP contribution in [-0.2, 0) is 0 Å². The van der Waals surface area contributed by atoms with Crippen molar-refractivity contribution in [2.75, 3.05) is 9.80 Å². The molecule has 1 heterocycles. The van der Waals surface area contributed by atoms with E-state index >= 15 is 0 Å². The van der Waals surface area contributed by atoms with Gasteiger partial charge in [0, 0.05) is 50.8 Å². The fourth-order valence-electron chi connectivity index (χ4n) is 7.88. The van der Waals surface area contributed by atoms with Gasteiger partial charge in [0.25, 0.3) is 0 Å². The summed E-state index contributed by atoms with van der Waals surface area (Å²) in [5, 5.41) is 2.24. The van der Waals surface area contributed by atoms with E-state index in [0.717, 1.165) is 78.3 Å². The lowest BCUT2D eigenvalue weighted by atomic mass is 9.96. The number of furan rings is 1. The maximum Gasteiger partial charge on any atom is 0.137 e. The summed E-state index contributed by atoms with van der Waals surface area (Å²) >= 11 is 0. The van der Waals surface area contributed by atoms with Crippen molar-refractivity contribution in [3.8, 4) is 33.4 Å². The Bertz CT molecular complexity index is 2920. The van der Waals surface area contributed by atoms with Gasteiger partial charge in [-0.15, -0.1) is 0 Å². The van der Waals surface area contributed by atoms with Crippen LogP contribution in [0, 0.1) is 0 Å². The lowest BCUT2D eigenvalue weighted by Gasteiger charge is -2.28. The van der Waals surface area contributed by atoms with Crippen LogP contribution in [0.1, 0.15) is 0 Å². The molecule has 57 heavy (non-hydrogen) atoms. The van der Waals surface area contributed by atoms with Crippen LogP contribution in [0.15, 0.2) is 235 Å². The Morgan fingerprint density at radius 1 is 0.263 bits per heavy atom. The molecule has 0 amide bonds. The van der Waals surface area contributed by atoms with Gasteiger partial charge in [-0.2, -0.15) is 0 Å². The summed E-state index contributed by atoms with van der Waals surface area (Å²) in [6.07, 6.45) is 0. The molecule has 0 bridgehead atoms. The first-order valence-corrected chi connectivity index (χ1v) is 19.3. The molecular weight excluding hydrogens is 693 g/mol. The maximum atomic E-state index is 6.32. The number of nitrogens with zero attached hydrogens (tertiary/aromatic N) is 2. The molecule has 10 aromatic rings. The van der Waals surface area contributed by atoms with Gasteiger partial charge in [-0.25, -0.2) is 0 Å². The van der Waals surface area contributed by atoms with Gasteiger partial charge >= 0.3 is 0 Å². The zero-order valence-electron chi connectivity index (χ0n) is 31.2. The Balaban J connectivity index is 1.05. The lowest BCUT2D eigenvalue weighted by Crippen LogP contribution is -2.11. The zero-order valence-corrected chi connectivity index (χ0v) is 31.2. The Morgan fingerprint density at radius 2 is 0.702 bits per heavy atom. The minimum atomic E-state index is 0.872. The highest BCUT2D eigenvalue weighted by Gasteiger charge is 2.20. The molecule has 0 radical (unpaired) electrons. The van der Waals surface area contributed by atoms with Gasteiger partial charge in [-0.3, -0.25) is 0 Å². The van der Waals surface area contributed by atoms with Crippen LogP contribution in [0.3, 0.4) is 0 Å². The third kappa shape index (κ3) is 6.62. The summed E-state index contributed by atoms with van der Waals surface area (Å²) in [5.41, 5.74) is 15.2. The molecule has 0 fully saturated rings. The molecule has 0 saturated carbocycles. The summed E-state index contributed by atoms with van der Waals surface area (Å²) < 4.78 is 6.32. The van der Waals surface area contributed by atoms with Gasteiger partial charge in [0.1, 0.15) is 11.2 Å². The Morgan fingerprint density at radius 3 is 1.35 bits per heavy atom. The van der Waals surface area contributed by atoms with Crippen LogP contribution in [0.25, 0.3) is 55.3 Å². The fraction of sp³-hybridized carbons (Fsp3) is 0. The van der Waals surface area contributed by atoms with E-state index in [1.54, 1.807) is 0 Å². The van der Waals surface area contributed by atoms with E-state index in [-0.39, 0.29) is 0 Å². The molecule has 0 N–H and O–H groups in total. The minimum Gasteiger partial charge on any atom is -0.456 e. The van der Waals surface area contributed by atoms with Crippen LogP contribution in [0.5, 0.6) is 0 Å². The zero-order chi connectivity index (χ0) is 38.0. The number of hydrogen-bond donors (Lipinski definition) is 0. The molecule has 0 aliphatic rings. The molecule has 0 aliphatic carbocycles. The minimum absolute atomic E-state index is 0.872. The Hall–Kier alpha value is -7.62. The number of hydrogen-bond acceptors (Lipinski definition) is 3. The average molecular weight is 731 g/mol. The summed E-state index contributed by atoms with van der Waals surface area (Å²) in [7, 11) is 0. The molecule has 1 aromatic heterocycles. The first-order chi connectivity index (χ1) is 28.3. The second kappa shape index (κ2) is 14.9. The van der Waals surface area contributed by atoms with Crippen molar-refractivity contribution < 1.29 is 4.42 Å². The predicted molar refractivity (Wildman–Crippen MR) is 239 cm³/mol. The van der Waals surface area contributed by atoms with Crippen LogP contribution in [0.2, 0.25) is 0 Å². The van der Waals surface area contributed by atoms with Crippen molar-refractivity contribution in [1.82, 2.24) is 0 Å². The molecule has 0 aliphatic heterocycles. The highest BCUT2D eigenvalue weighted by Crippen LogP contribution is 2.44. The number of rotatable bonds is 9. The monoisotopic (exact) mass is 730 g/mol. The first-order valence-electron chi connectivity index (χ1n) is 19.3. The van der Waals surface area contributed by atoms with E-state index in [1.807, 2.05) is 12.1 Å². The second-order valence-corrected chi connectivity index (χ2v) is 14.2. The van der Waals surface area contributed by atoms with Gasteiger partial charge in [0.2, 0.25) is 0 Å². The average Bonchev–Trinajstić information content (AvgIpc) is 3.67. The molecule has 0 saturated heterocycles. The molecule has 3 heteroatoms. The van der Waals surface area contributed by atoms with Crippen molar-refractivity contribution >= 4 is 56.1 Å². The third-order valence-corrected chi connectivity index (χ3v) is 10.7. The van der Waals surface area contributed by atoms with Gasteiger partial charge in [0.05, 0.1) is 5.69 Å². The normalized spacial score (nSPS) is 11.2. The van der Waals surface area contributed by atoms with Crippen molar-refractivity contribution in [2.45, 2.75) is 0 Å². The molecule has 270 valence electrons. The Labute approximate surface area is 333 Å². The third-order valence-electron chi connectivity index (χ3n) is 10.7. The topological polar surface area (TPSA) is 19.6 Å². The summed E-state index contributed by atoms with van der Waals surface area (Å²) in [4.78, 5) is 4.65. The van der Waals surface area contributed by atoms with Crippen LogP contribution < -0.4 is 9.80 Å². The van der Waals surface area contributed by atoms with Gasteiger partial charge < -0.3 is 14.2 Å². The lowest BCUT2D eigenvalue weighted by molar-refractivity contribution is 0.669. The Kier molecular flexibility index (Phi) is 8.86. The van der Waals surface area contributed by atoms with Gasteiger partial charge in [-0.1, -0.05) is 146 Å². The van der Waals surface area contributed by atoms with Gasteiger partial charge in [0.15, 0.2) is 0 Å². The number of benzene rings is 9. The largest absolute Gasteiger partial charge is 0.456 e. The molecule has 0 spiro atoms. The molecule has 10 rings (SSSR count). The molecular formula is C54H38N2O. The van der Waals surface area contributed by atoms with Crippen molar-refractivity contribution in [3.05, 3.63) is 231 Å². The standard InChI is InChI=1S/C54H38N2O/c1-5-15-39(16-6-1)40-25-32-47(33-26-40)56(45-21-11-4-12-22-45)52-36-29-43(37-51(52)42-17-7-2-8-18-42)41-27-30-46(31-28-41)55(44-19-9-3-10-20-44)48-34-35-50-49-23-13-14-24-53(49)57-54(50)38-48/h1-38H. The van der Waals surface area contributed by atoms with E-state index in [0.29, 0.717) is 0 Å². The van der Waals surface area contributed by atoms with Gasteiger partial charge in [-0.05, 0) is 107 Å².